The van der Waals surface area contributed by atoms with Crippen molar-refractivity contribution in [2.75, 3.05) is 33.3 Å². The number of halogens is 1. The van der Waals surface area contributed by atoms with Gasteiger partial charge in [0.05, 0.1) is 19.8 Å². The second-order valence-electron chi connectivity index (χ2n) is 7.00. The zero-order valence-corrected chi connectivity index (χ0v) is 18.1. The molecule has 142 valence electrons. The number of rotatable bonds is 5. The Morgan fingerprint density at radius 2 is 2.04 bits per heavy atom. The quantitative estimate of drug-likeness (QED) is 0.402. The van der Waals surface area contributed by atoms with Crippen molar-refractivity contribution in [3.05, 3.63) is 29.8 Å². The third kappa shape index (κ3) is 6.33. The van der Waals surface area contributed by atoms with Crippen LogP contribution in [-0.2, 0) is 5.41 Å². The van der Waals surface area contributed by atoms with Crippen LogP contribution in [0.5, 0.6) is 5.75 Å². The second-order valence-corrected chi connectivity index (χ2v) is 7.00. The molecule has 1 aliphatic rings. The molecule has 1 fully saturated rings. The average molecular weight is 461 g/mol. The minimum Gasteiger partial charge on any atom is -0.497 e. The van der Waals surface area contributed by atoms with Crippen LogP contribution in [0.2, 0.25) is 0 Å². The molecular weight excluding hydrogens is 429 g/mol. The summed E-state index contributed by atoms with van der Waals surface area (Å²) in [6.45, 7) is 9.74. The molecule has 0 aliphatic carbocycles. The molecule has 1 heterocycles. The highest BCUT2D eigenvalue weighted by Gasteiger charge is 2.23. The van der Waals surface area contributed by atoms with Gasteiger partial charge in [0.25, 0.3) is 0 Å². The summed E-state index contributed by atoms with van der Waals surface area (Å²) in [5.74, 6) is 1.82. The van der Waals surface area contributed by atoms with E-state index >= 15 is 0 Å². The smallest absolute Gasteiger partial charge is 0.193 e. The largest absolute Gasteiger partial charge is 0.497 e. The molecule has 0 radical (unpaired) electrons. The van der Waals surface area contributed by atoms with Gasteiger partial charge in [0.1, 0.15) is 5.75 Å². The van der Waals surface area contributed by atoms with Crippen LogP contribution in [0.4, 0.5) is 0 Å². The first-order valence-corrected chi connectivity index (χ1v) is 8.82. The molecule has 0 spiro atoms. The molecule has 2 rings (SSSR count). The lowest BCUT2D eigenvalue weighted by Gasteiger charge is -2.33. The van der Waals surface area contributed by atoms with E-state index in [9.17, 15) is 5.11 Å². The lowest BCUT2D eigenvalue weighted by Crippen LogP contribution is -2.47. The lowest BCUT2D eigenvalue weighted by molar-refractivity contribution is 0.108. The predicted molar refractivity (Wildman–Crippen MR) is 114 cm³/mol. The third-order valence-corrected chi connectivity index (χ3v) is 4.57. The summed E-state index contributed by atoms with van der Waals surface area (Å²) in [5, 5.41) is 13.1. The van der Waals surface area contributed by atoms with Crippen molar-refractivity contribution in [2.24, 2.45) is 4.99 Å². The molecule has 1 aromatic rings. The number of aliphatic hydroxyl groups is 1. The van der Waals surface area contributed by atoms with Crippen molar-refractivity contribution < 1.29 is 9.84 Å². The van der Waals surface area contributed by atoms with E-state index in [1.54, 1.807) is 7.11 Å². The maximum Gasteiger partial charge on any atom is 0.193 e. The lowest BCUT2D eigenvalue weighted by atomic mass is 9.84. The van der Waals surface area contributed by atoms with Gasteiger partial charge in [-0.15, -0.1) is 24.0 Å². The molecule has 0 amide bonds. The fourth-order valence-electron chi connectivity index (χ4n) is 2.91. The topological polar surface area (TPSA) is 57.1 Å². The van der Waals surface area contributed by atoms with Crippen molar-refractivity contribution in [1.82, 2.24) is 10.2 Å². The Labute approximate surface area is 168 Å². The number of ether oxygens (including phenoxy) is 1. The number of nitrogens with one attached hydrogen (secondary N) is 1. The minimum atomic E-state index is -0.169. The SMILES string of the molecule is CCNC(=NCC(C)(C)c1cccc(OC)c1)N1CCC(O)CC1.I. The maximum atomic E-state index is 9.70. The third-order valence-electron chi connectivity index (χ3n) is 4.57. The van der Waals surface area contributed by atoms with Gasteiger partial charge in [-0.1, -0.05) is 26.0 Å². The molecule has 0 atom stereocenters. The van der Waals surface area contributed by atoms with E-state index in [4.69, 9.17) is 9.73 Å². The van der Waals surface area contributed by atoms with Crippen LogP contribution in [0.15, 0.2) is 29.3 Å². The molecule has 0 saturated carbocycles. The Kier molecular flexibility index (Phi) is 8.99. The first-order chi connectivity index (χ1) is 11.5. The summed E-state index contributed by atoms with van der Waals surface area (Å²) in [6, 6.07) is 8.20. The van der Waals surface area contributed by atoms with Gasteiger partial charge in [-0.2, -0.15) is 0 Å². The van der Waals surface area contributed by atoms with Crippen molar-refractivity contribution in [1.29, 1.82) is 0 Å². The van der Waals surface area contributed by atoms with E-state index in [1.165, 1.54) is 5.56 Å². The molecule has 0 unspecified atom stereocenters. The molecular formula is C19H32IN3O2. The number of methoxy groups -OCH3 is 1. The monoisotopic (exact) mass is 461 g/mol. The minimum absolute atomic E-state index is 0. The van der Waals surface area contributed by atoms with Crippen LogP contribution in [0.1, 0.15) is 39.2 Å². The normalized spacial score (nSPS) is 16.4. The summed E-state index contributed by atoms with van der Waals surface area (Å²) < 4.78 is 5.34. The van der Waals surface area contributed by atoms with E-state index in [2.05, 4.69) is 43.1 Å². The van der Waals surface area contributed by atoms with Crippen molar-refractivity contribution >= 4 is 29.9 Å². The number of nitrogens with zero attached hydrogens (tertiary/aromatic N) is 2. The Balaban J connectivity index is 0.00000312. The molecule has 2 N–H and O–H groups in total. The van der Waals surface area contributed by atoms with E-state index in [0.29, 0.717) is 6.54 Å². The van der Waals surface area contributed by atoms with Crippen LogP contribution >= 0.6 is 24.0 Å². The van der Waals surface area contributed by atoms with Crippen molar-refractivity contribution in [2.45, 2.75) is 45.1 Å². The van der Waals surface area contributed by atoms with Gasteiger partial charge in [0, 0.05) is 25.0 Å². The van der Waals surface area contributed by atoms with Gasteiger partial charge in [0.2, 0.25) is 0 Å². The fraction of sp³-hybridized carbons (Fsp3) is 0.632. The van der Waals surface area contributed by atoms with E-state index < -0.39 is 0 Å². The van der Waals surface area contributed by atoms with Gasteiger partial charge in [0.15, 0.2) is 5.96 Å². The van der Waals surface area contributed by atoms with E-state index in [1.807, 2.05) is 12.1 Å². The summed E-state index contributed by atoms with van der Waals surface area (Å²) >= 11 is 0. The number of hydrogen-bond acceptors (Lipinski definition) is 3. The summed E-state index contributed by atoms with van der Waals surface area (Å²) in [7, 11) is 1.69. The number of piperidine rings is 1. The molecule has 5 nitrogen and oxygen atoms in total. The Morgan fingerprint density at radius 3 is 2.64 bits per heavy atom. The zero-order chi connectivity index (χ0) is 17.6. The van der Waals surface area contributed by atoms with Crippen LogP contribution in [0.3, 0.4) is 0 Å². The average Bonchev–Trinajstić information content (AvgIpc) is 2.59. The van der Waals surface area contributed by atoms with Crippen molar-refractivity contribution in [3.63, 3.8) is 0 Å². The van der Waals surface area contributed by atoms with E-state index in [-0.39, 0.29) is 35.5 Å². The van der Waals surface area contributed by atoms with Crippen LogP contribution in [0, 0.1) is 0 Å². The Bertz CT molecular complexity index is 555. The Hall–Kier alpha value is -1.02. The van der Waals surface area contributed by atoms with Crippen LogP contribution in [-0.4, -0.2) is 55.4 Å². The van der Waals surface area contributed by atoms with Gasteiger partial charge < -0.3 is 20.1 Å². The number of aliphatic hydroxyl groups excluding tert-OH is 1. The predicted octanol–water partition coefficient (Wildman–Crippen LogP) is 3.01. The highest BCUT2D eigenvalue weighted by atomic mass is 127. The molecule has 6 heteroatoms. The van der Waals surface area contributed by atoms with Crippen LogP contribution in [0.25, 0.3) is 0 Å². The standard InChI is InChI=1S/C19H31N3O2.HI/c1-5-20-18(22-11-9-16(23)10-12-22)21-14-19(2,3)15-7-6-8-17(13-15)24-4;/h6-8,13,16,23H,5,9-12,14H2,1-4H3,(H,20,21);1H. The number of benzene rings is 1. The number of likely N-dealkylation sites (tertiary alicyclic amines) is 1. The molecule has 0 aromatic heterocycles. The van der Waals surface area contributed by atoms with Gasteiger partial charge in [-0.05, 0) is 37.5 Å². The molecule has 1 aromatic carbocycles. The van der Waals surface area contributed by atoms with E-state index in [0.717, 1.165) is 44.2 Å². The second kappa shape index (κ2) is 10.2. The molecule has 1 saturated heterocycles. The molecule has 25 heavy (non-hydrogen) atoms. The number of guanidine groups is 1. The summed E-state index contributed by atoms with van der Waals surface area (Å²) in [5.41, 5.74) is 1.14. The van der Waals surface area contributed by atoms with Gasteiger partial charge >= 0.3 is 0 Å². The van der Waals surface area contributed by atoms with Gasteiger partial charge in [-0.25, -0.2) is 0 Å². The zero-order valence-electron chi connectivity index (χ0n) is 15.8. The Morgan fingerprint density at radius 1 is 1.36 bits per heavy atom. The highest BCUT2D eigenvalue weighted by molar-refractivity contribution is 14.0. The first kappa shape index (κ1) is 22.0. The first-order valence-electron chi connectivity index (χ1n) is 8.82. The highest BCUT2D eigenvalue weighted by Crippen LogP contribution is 2.27. The molecule has 1 aliphatic heterocycles. The van der Waals surface area contributed by atoms with Gasteiger partial charge in [-0.3, -0.25) is 4.99 Å². The summed E-state index contributed by atoms with van der Waals surface area (Å²) in [6.07, 6.45) is 1.45. The maximum absolute atomic E-state index is 9.70. The number of hydrogen-bond donors (Lipinski definition) is 2. The number of aliphatic imine (C=N–C) groups is 1. The van der Waals surface area contributed by atoms with Crippen LogP contribution < -0.4 is 10.1 Å². The molecule has 0 bridgehead atoms. The van der Waals surface area contributed by atoms with Crippen molar-refractivity contribution in [3.8, 4) is 5.75 Å². The fourth-order valence-corrected chi connectivity index (χ4v) is 2.91. The summed E-state index contributed by atoms with van der Waals surface area (Å²) in [4.78, 5) is 7.12.